The van der Waals surface area contributed by atoms with Gasteiger partial charge in [-0.3, -0.25) is 19.1 Å². The minimum atomic E-state index is -1.07. The molecule has 0 radical (unpaired) electrons. The second-order valence-corrected chi connectivity index (χ2v) is 10.4. The Labute approximate surface area is 232 Å². The summed E-state index contributed by atoms with van der Waals surface area (Å²) in [6.45, 7) is 3.64. The number of ketones is 1. The average molecular weight is 562 g/mol. The number of benzene rings is 2. The van der Waals surface area contributed by atoms with Crippen LogP contribution in [0.4, 0.5) is 5.95 Å². The molecule has 0 fully saturated rings. The third-order valence-electron chi connectivity index (χ3n) is 6.48. The van der Waals surface area contributed by atoms with Crippen LogP contribution in [0.15, 0.2) is 60.8 Å². The highest BCUT2D eigenvalue weighted by atomic mass is 35.5. The second-order valence-electron chi connectivity index (χ2n) is 8.92. The monoisotopic (exact) mass is 561 g/mol. The van der Waals surface area contributed by atoms with Crippen LogP contribution in [-0.4, -0.2) is 49.1 Å². The van der Waals surface area contributed by atoms with Gasteiger partial charge in [0.1, 0.15) is 17.4 Å². The molecule has 39 heavy (non-hydrogen) atoms. The van der Waals surface area contributed by atoms with Gasteiger partial charge in [-0.25, -0.2) is 4.79 Å². The highest BCUT2D eigenvalue weighted by Crippen LogP contribution is 2.34. The molecule has 0 aliphatic rings. The van der Waals surface area contributed by atoms with Crippen LogP contribution in [0, 0.1) is 6.92 Å². The number of anilines is 1. The summed E-state index contributed by atoms with van der Waals surface area (Å²) in [6, 6.07) is 15.7. The van der Waals surface area contributed by atoms with Gasteiger partial charge in [0.15, 0.2) is 5.78 Å². The van der Waals surface area contributed by atoms with Crippen LogP contribution < -0.4 is 4.90 Å². The smallest absolute Gasteiger partial charge is 0.337 e. The van der Waals surface area contributed by atoms with Crippen LogP contribution in [0.1, 0.15) is 43.9 Å². The molecule has 0 atom stereocenters. The highest BCUT2D eigenvalue weighted by Gasteiger charge is 2.27. The zero-order valence-corrected chi connectivity index (χ0v) is 23.0. The van der Waals surface area contributed by atoms with Crippen molar-refractivity contribution in [2.45, 2.75) is 26.8 Å². The number of para-hydroxylation sites is 1. The molecule has 0 saturated heterocycles. The first-order valence-electron chi connectivity index (χ1n) is 12.1. The van der Waals surface area contributed by atoms with E-state index < -0.39 is 5.97 Å². The van der Waals surface area contributed by atoms with Crippen LogP contribution in [0.25, 0.3) is 15.9 Å². The van der Waals surface area contributed by atoms with Gasteiger partial charge >= 0.3 is 5.97 Å². The molecule has 0 bridgehead atoms. The minimum absolute atomic E-state index is 0.119. The summed E-state index contributed by atoms with van der Waals surface area (Å²) in [5, 5.41) is 19.6. The number of carboxylic acid groups (broad SMARTS) is 1. The number of hydrogen-bond donors (Lipinski definition) is 1. The normalized spacial score (nSPS) is 11.2. The predicted molar refractivity (Wildman–Crippen MR) is 151 cm³/mol. The Kier molecular flexibility index (Phi) is 7.07. The van der Waals surface area contributed by atoms with Crippen LogP contribution in [0.5, 0.6) is 0 Å². The second kappa shape index (κ2) is 10.5. The number of hydrogen-bond acceptors (Lipinski definition) is 6. The number of rotatable bonds is 8. The summed E-state index contributed by atoms with van der Waals surface area (Å²) in [5.41, 5.74) is 1.57. The van der Waals surface area contributed by atoms with E-state index in [2.05, 4.69) is 10.2 Å². The molecule has 5 aromatic rings. The van der Waals surface area contributed by atoms with E-state index in [0.717, 1.165) is 4.88 Å². The number of aromatic nitrogens is 4. The first-order chi connectivity index (χ1) is 18.7. The lowest BCUT2D eigenvalue weighted by Crippen LogP contribution is -2.32. The number of carbonyl (C=O) groups is 3. The maximum absolute atomic E-state index is 13.6. The standard InChI is InChI=1S/C28H24ClN5O4S/c1-4-17-13-20(25(36)19-10-5-7-11-22(19)29)26(39-17)34-16(2)30-31-28(34)32(3)24(35)15-33-14-21(27(37)38)18-9-6-8-12-23(18)33/h5-14H,4,15H2,1-3H3,(H,37,38). The molecular weight excluding hydrogens is 538 g/mol. The van der Waals surface area contributed by atoms with Gasteiger partial charge in [-0.1, -0.05) is 48.9 Å². The van der Waals surface area contributed by atoms with Gasteiger partial charge in [0.25, 0.3) is 0 Å². The van der Waals surface area contributed by atoms with Gasteiger partial charge in [-0.05, 0) is 37.6 Å². The fourth-order valence-corrected chi connectivity index (χ4v) is 5.80. The maximum atomic E-state index is 13.6. The lowest BCUT2D eigenvalue weighted by Gasteiger charge is -2.18. The largest absolute Gasteiger partial charge is 0.478 e. The van der Waals surface area contributed by atoms with Gasteiger partial charge < -0.3 is 9.67 Å². The number of fused-ring (bicyclic) bond motifs is 1. The number of amides is 1. The van der Waals surface area contributed by atoms with E-state index in [1.165, 1.54) is 22.4 Å². The summed E-state index contributed by atoms with van der Waals surface area (Å²) in [6.07, 6.45) is 2.17. The molecule has 0 aliphatic carbocycles. The van der Waals surface area contributed by atoms with Crippen LogP contribution in [-0.2, 0) is 17.8 Å². The number of likely N-dealkylation sites (N-methyl/N-ethyl adjacent to an activating group) is 1. The molecule has 0 unspecified atom stereocenters. The van der Waals surface area contributed by atoms with E-state index in [9.17, 15) is 19.5 Å². The Morgan fingerprint density at radius 3 is 2.46 bits per heavy atom. The maximum Gasteiger partial charge on any atom is 0.337 e. The van der Waals surface area contributed by atoms with Crippen molar-refractivity contribution in [2.24, 2.45) is 0 Å². The van der Waals surface area contributed by atoms with E-state index in [1.54, 1.807) is 71.6 Å². The van der Waals surface area contributed by atoms with E-state index >= 15 is 0 Å². The molecule has 5 rings (SSSR count). The van der Waals surface area contributed by atoms with Crippen molar-refractivity contribution < 1.29 is 19.5 Å². The Balaban J connectivity index is 1.53. The quantitative estimate of drug-likeness (QED) is 0.254. The van der Waals surface area contributed by atoms with Gasteiger partial charge in [-0.15, -0.1) is 21.5 Å². The zero-order chi connectivity index (χ0) is 27.8. The van der Waals surface area contributed by atoms with E-state index in [1.807, 2.05) is 13.0 Å². The first-order valence-corrected chi connectivity index (χ1v) is 13.3. The Morgan fingerprint density at radius 2 is 1.74 bits per heavy atom. The lowest BCUT2D eigenvalue weighted by atomic mass is 10.0. The summed E-state index contributed by atoms with van der Waals surface area (Å²) in [4.78, 5) is 41.2. The topological polar surface area (TPSA) is 110 Å². The molecule has 2 aromatic carbocycles. The number of halogens is 1. The van der Waals surface area contributed by atoms with Crippen molar-refractivity contribution in [2.75, 3.05) is 11.9 Å². The molecule has 198 valence electrons. The molecule has 0 saturated carbocycles. The van der Waals surface area contributed by atoms with Crippen LogP contribution >= 0.6 is 22.9 Å². The molecular formula is C28H24ClN5O4S. The van der Waals surface area contributed by atoms with E-state index in [0.29, 0.717) is 44.3 Å². The van der Waals surface area contributed by atoms with Gasteiger partial charge in [-0.2, -0.15) is 0 Å². The number of thiophene rings is 1. The number of nitrogens with zero attached hydrogens (tertiary/aromatic N) is 5. The van der Waals surface area contributed by atoms with Crippen molar-refractivity contribution in [1.29, 1.82) is 0 Å². The minimum Gasteiger partial charge on any atom is -0.478 e. The molecule has 3 aromatic heterocycles. The highest BCUT2D eigenvalue weighted by molar-refractivity contribution is 7.15. The summed E-state index contributed by atoms with van der Waals surface area (Å²) in [7, 11) is 1.58. The van der Waals surface area contributed by atoms with Gasteiger partial charge in [0.2, 0.25) is 11.9 Å². The third kappa shape index (κ3) is 4.73. The fourth-order valence-electron chi connectivity index (χ4n) is 4.44. The summed E-state index contributed by atoms with van der Waals surface area (Å²) >= 11 is 7.77. The lowest BCUT2D eigenvalue weighted by molar-refractivity contribution is -0.118. The Hall–Kier alpha value is -4.28. The summed E-state index contributed by atoms with van der Waals surface area (Å²) < 4.78 is 3.31. The number of aryl methyl sites for hydroxylation is 2. The Morgan fingerprint density at radius 1 is 1.03 bits per heavy atom. The SMILES string of the molecule is CCc1cc(C(=O)c2ccccc2Cl)c(-n2c(C)nnc2N(C)C(=O)Cn2cc(C(=O)O)c3ccccc32)s1. The van der Waals surface area contributed by atoms with Crippen molar-refractivity contribution >= 4 is 57.4 Å². The number of carbonyl (C=O) groups excluding carboxylic acids is 2. The fraction of sp³-hybridized carbons (Fsp3) is 0.179. The van der Waals surface area contributed by atoms with Crippen molar-refractivity contribution in [1.82, 2.24) is 19.3 Å². The molecule has 1 N–H and O–H groups in total. The zero-order valence-electron chi connectivity index (χ0n) is 21.4. The van der Waals surface area contributed by atoms with Crippen molar-refractivity contribution in [3.05, 3.63) is 93.2 Å². The van der Waals surface area contributed by atoms with Crippen LogP contribution in [0.3, 0.4) is 0 Å². The van der Waals surface area contributed by atoms with Crippen molar-refractivity contribution in [3.63, 3.8) is 0 Å². The van der Waals surface area contributed by atoms with E-state index in [4.69, 9.17) is 11.6 Å². The summed E-state index contributed by atoms with van der Waals surface area (Å²) in [5.74, 6) is -0.902. The molecule has 11 heteroatoms. The Bertz CT molecular complexity index is 1750. The van der Waals surface area contributed by atoms with E-state index in [-0.39, 0.29) is 29.7 Å². The molecule has 9 nitrogen and oxygen atoms in total. The number of aromatic carboxylic acids is 1. The average Bonchev–Trinajstić information content (AvgIpc) is 3.63. The van der Waals surface area contributed by atoms with Crippen LogP contribution in [0.2, 0.25) is 5.02 Å². The molecule has 0 spiro atoms. The first kappa shape index (κ1) is 26.3. The third-order valence-corrected chi connectivity index (χ3v) is 8.08. The number of carboxylic acids is 1. The molecule has 1 amide bonds. The van der Waals surface area contributed by atoms with Crippen molar-refractivity contribution in [3.8, 4) is 5.00 Å². The predicted octanol–water partition coefficient (Wildman–Crippen LogP) is 5.40. The van der Waals surface area contributed by atoms with Gasteiger partial charge in [0.05, 0.1) is 16.1 Å². The molecule has 3 heterocycles. The van der Waals surface area contributed by atoms with Gasteiger partial charge in [0, 0.05) is 34.6 Å². The molecule has 0 aliphatic heterocycles.